The highest BCUT2D eigenvalue weighted by Crippen LogP contribution is 2.33. The minimum atomic E-state index is 0.217. The lowest BCUT2D eigenvalue weighted by atomic mass is 10.3. The van der Waals surface area contributed by atoms with Crippen LogP contribution in [0.1, 0.15) is 6.42 Å². The van der Waals surface area contributed by atoms with Gasteiger partial charge < -0.3 is 24.8 Å². The zero-order valence-corrected chi connectivity index (χ0v) is 14.5. The first-order valence-corrected chi connectivity index (χ1v) is 8.41. The maximum atomic E-state index is 5.99. The van der Waals surface area contributed by atoms with E-state index in [2.05, 4.69) is 26.7 Å². The van der Waals surface area contributed by atoms with Crippen molar-refractivity contribution in [3.63, 3.8) is 0 Å². The Balaban J connectivity index is 1.57. The van der Waals surface area contributed by atoms with Gasteiger partial charge in [-0.15, -0.1) is 0 Å². The first-order valence-electron chi connectivity index (χ1n) is 8.41. The van der Waals surface area contributed by atoms with Crippen LogP contribution in [0.2, 0.25) is 0 Å². The fourth-order valence-corrected chi connectivity index (χ4v) is 2.48. The monoisotopic (exact) mass is 358 g/mol. The Labute approximate surface area is 151 Å². The molecule has 138 valence electrons. The van der Waals surface area contributed by atoms with Gasteiger partial charge in [0.1, 0.15) is 5.69 Å². The normalized spacial score (nSPS) is 14.1. The smallest absolute Gasteiger partial charge is 0.320 e. The average molecular weight is 358 g/mol. The number of nitrogen functional groups attached to an aromatic ring is 1. The largest absolute Gasteiger partial charge is 0.478 e. The lowest BCUT2D eigenvalue weighted by Gasteiger charge is -2.28. The molecule has 0 amide bonds. The second-order valence-corrected chi connectivity index (χ2v) is 5.54. The van der Waals surface area contributed by atoms with E-state index in [4.69, 9.17) is 19.9 Å². The predicted octanol–water partition coefficient (Wildman–Crippen LogP) is 1.47. The molecule has 9 nitrogen and oxygen atoms in total. The van der Waals surface area contributed by atoms with E-state index in [-0.39, 0.29) is 11.8 Å². The van der Waals surface area contributed by atoms with Crippen molar-refractivity contribution in [1.29, 1.82) is 0 Å². The molecule has 2 aromatic rings. The maximum absolute atomic E-state index is 5.99. The summed E-state index contributed by atoms with van der Waals surface area (Å²) in [5, 5.41) is 0. The number of nitrogens with zero attached hydrogens (tertiary/aromatic N) is 5. The van der Waals surface area contributed by atoms with Crippen LogP contribution in [0.5, 0.6) is 11.9 Å². The summed E-state index contributed by atoms with van der Waals surface area (Å²) in [6, 6.07) is 5.73. The summed E-state index contributed by atoms with van der Waals surface area (Å²) in [6.45, 7) is 7.10. The molecule has 1 aliphatic heterocycles. The molecule has 0 atom stereocenters. The van der Waals surface area contributed by atoms with Gasteiger partial charge in [0.2, 0.25) is 5.88 Å². The van der Waals surface area contributed by atoms with Gasteiger partial charge in [-0.05, 0) is 12.8 Å². The SMILES string of the molecule is C=Nc1c(N)nc(OCCCOc2ccccn2)nc1N1CCOCC1. The second kappa shape index (κ2) is 8.95. The molecule has 0 spiro atoms. The molecule has 0 radical (unpaired) electrons. The van der Waals surface area contributed by atoms with Gasteiger partial charge in [0.15, 0.2) is 11.6 Å². The van der Waals surface area contributed by atoms with Crippen LogP contribution in [-0.4, -0.2) is 61.2 Å². The van der Waals surface area contributed by atoms with E-state index >= 15 is 0 Å². The third-order valence-corrected chi connectivity index (χ3v) is 3.75. The van der Waals surface area contributed by atoms with Crippen molar-refractivity contribution < 1.29 is 14.2 Å². The summed E-state index contributed by atoms with van der Waals surface area (Å²) < 4.78 is 16.5. The van der Waals surface area contributed by atoms with Crippen LogP contribution in [0.3, 0.4) is 0 Å². The average Bonchev–Trinajstić information content (AvgIpc) is 2.69. The van der Waals surface area contributed by atoms with Crippen LogP contribution in [-0.2, 0) is 4.74 Å². The van der Waals surface area contributed by atoms with Gasteiger partial charge in [-0.1, -0.05) is 6.07 Å². The van der Waals surface area contributed by atoms with Crippen molar-refractivity contribution in [2.75, 3.05) is 50.2 Å². The summed E-state index contributed by atoms with van der Waals surface area (Å²) >= 11 is 0. The van der Waals surface area contributed by atoms with Crippen LogP contribution >= 0.6 is 0 Å². The number of pyridine rings is 1. The zero-order valence-electron chi connectivity index (χ0n) is 14.5. The highest BCUT2D eigenvalue weighted by atomic mass is 16.5. The Bertz CT molecular complexity index is 722. The molecule has 26 heavy (non-hydrogen) atoms. The second-order valence-electron chi connectivity index (χ2n) is 5.54. The van der Waals surface area contributed by atoms with Crippen molar-refractivity contribution in [1.82, 2.24) is 15.0 Å². The number of hydrogen-bond donors (Lipinski definition) is 1. The first kappa shape index (κ1) is 17.9. The summed E-state index contributed by atoms with van der Waals surface area (Å²) in [4.78, 5) is 18.7. The van der Waals surface area contributed by atoms with Crippen molar-refractivity contribution in [3.05, 3.63) is 24.4 Å². The molecule has 9 heteroatoms. The quantitative estimate of drug-likeness (QED) is 0.558. The van der Waals surface area contributed by atoms with Gasteiger partial charge in [0.05, 0.1) is 26.4 Å². The molecule has 2 N–H and O–H groups in total. The van der Waals surface area contributed by atoms with Gasteiger partial charge in [-0.3, -0.25) is 4.99 Å². The third-order valence-electron chi connectivity index (χ3n) is 3.75. The van der Waals surface area contributed by atoms with E-state index in [0.29, 0.717) is 63.3 Å². The minimum absolute atomic E-state index is 0.217. The molecule has 0 bridgehead atoms. The van der Waals surface area contributed by atoms with Crippen molar-refractivity contribution in [2.45, 2.75) is 6.42 Å². The Morgan fingerprint density at radius 1 is 1.19 bits per heavy atom. The fraction of sp³-hybridized carbons (Fsp3) is 0.412. The molecule has 3 heterocycles. The van der Waals surface area contributed by atoms with E-state index in [1.54, 1.807) is 12.3 Å². The molecule has 1 aliphatic rings. The molecule has 1 fully saturated rings. The first-order chi connectivity index (χ1) is 12.8. The number of aromatic nitrogens is 3. The van der Waals surface area contributed by atoms with Gasteiger partial charge in [0, 0.05) is 31.8 Å². The number of ether oxygens (including phenoxy) is 3. The molecule has 0 saturated carbocycles. The van der Waals surface area contributed by atoms with Crippen LogP contribution in [0.15, 0.2) is 29.4 Å². The van der Waals surface area contributed by atoms with Crippen LogP contribution in [0, 0.1) is 0 Å². The Morgan fingerprint density at radius 3 is 2.73 bits per heavy atom. The van der Waals surface area contributed by atoms with Crippen molar-refractivity contribution in [2.24, 2.45) is 4.99 Å². The highest BCUT2D eigenvalue weighted by molar-refractivity contribution is 5.75. The molecule has 0 aliphatic carbocycles. The molecule has 1 saturated heterocycles. The Morgan fingerprint density at radius 2 is 2.00 bits per heavy atom. The molecular weight excluding hydrogens is 336 g/mol. The summed E-state index contributed by atoms with van der Waals surface area (Å²) in [6.07, 6.45) is 2.35. The molecule has 2 aromatic heterocycles. The van der Waals surface area contributed by atoms with Gasteiger partial charge in [0.25, 0.3) is 0 Å². The fourth-order valence-electron chi connectivity index (χ4n) is 2.48. The maximum Gasteiger partial charge on any atom is 0.320 e. The summed E-state index contributed by atoms with van der Waals surface area (Å²) in [7, 11) is 0. The number of anilines is 2. The molecule has 3 rings (SSSR count). The molecule has 0 aromatic carbocycles. The van der Waals surface area contributed by atoms with E-state index in [9.17, 15) is 0 Å². The number of morpholine rings is 1. The van der Waals surface area contributed by atoms with E-state index in [1.807, 2.05) is 17.0 Å². The van der Waals surface area contributed by atoms with Crippen LogP contribution in [0.25, 0.3) is 0 Å². The van der Waals surface area contributed by atoms with Gasteiger partial charge in [-0.2, -0.15) is 9.97 Å². The Hall–Kier alpha value is -2.94. The minimum Gasteiger partial charge on any atom is -0.478 e. The number of nitrogens with two attached hydrogens (primary N) is 1. The van der Waals surface area contributed by atoms with Crippen LogP contribution in [0.4, 0.5) is 17.3 Å². The van der Waals surface area contributed by atoms with E-state index < -0.39 is 0 Å². The lowest BCUT2D eigenvalue weighted by Crippen LogP contribution is -2.37. The van der Waals surface area contributed by atoms with Crippen molar-refractivity contribution >= 4 is 24.0 Å². The zero-order chi connectivity index (χ0) is 18.2. The topological polar surface area (TPSA) is 108 Å². The van der Waals surface area contributed by atoms with E-state index in [1.165, 1.54) is 0 Å². The highest BCUT2D eigenvalue weighted by Gasteiger charge is 2.20. The predicted molar refractivity (Wildman–Crippen MR) is 98.5 cm³/mol. The number of rotatable bonds is 8. The van der Waals surface area contributed by atoms with Crippen LogP contribution < -0.4 is 20.1 Å². The summed E-state index contributed by atoms with van der Waals surface area (Å²) in [5.74, 6) is 1.45. The summed E-state index contributed by atoms with van der Waals surface area (Å²) in [5.41, 5.74) is 6.46. The third kappa shape index (κ3) is 4.57. The lowest BCUT2D eigenvalue weighted by molar-refractivity contribution is 0.122. The Kier molecular flexibility index (Phi) is 6.15. The van der Waals surface area contributed by atoms with Crippen molar-refractivity contribution in [3.8, 4) is 11.9 Å². The molecule has 0 unspecified atom stereocenters. The van der Waals surface area contributed by atoms with E-state index in [0.717, 1.165) is 0 Å². The molecular formula is C17H22N6O3. The van der Waals surface area contributed by atoms with Gasteiger partial charge in [-0.25, -0.2) is 4.98 Å². The van der Waals surface area contributed by atoms with Gasteiger partial charge >= 0.3 is 6.01 Å². The number of aliphatic imine (C=N–C) groups is 1. The standard InChI is InChI=1S/C17H22N6O3/c1-19-14-15(18)21-17(22-16(14)23-7-11-24-12-8-23)26-10-4-9-25-13-5-2-3-6-20-13/h2-3,5-6H,1,4,7-12H2,(H2,18,21,22). The number of hydrogen-bond acceptors (Lipinski definition) is 9.